The van der Waals surface area contributed by atoms with Crippen LogP contribution in [-0.4, -0.2) is 25.7 Å². The van der Waals surface area contributed by atoms with Gasteiger partial charge in [0, 0.05) is 6.54 Å². The van der Waals surface area contributed by atoms with Crippen LogP contribution in [0.1, 0.15) is 37.8 Å². The molecule has 0 atom stereocenters. The molecule has 0 heterocycles. The molecule has 0 fully saturated rings. The molecule has 4 nitrogen and oxygen atoms in total. The number of aryl methyl sites for hydroxylation is 2. The van der Waals surface area contributed by atoms with Crippen LogP contribution in [0.2, 0.25) is 0 Å². The van der Waals surface area contributed by atoms with Crippen LogP contribution in [0.25, 0.3) is 0 Å². The van der Waals surface area contributed by atoms with Gasteiger partial charge in [0.1, 0.15) is 12.4 Å². The van der Waals surface area contributed by atoms with Gasteiger partial charge in [-0.1, -0.05) is 19.9 Å². The molecule has 0 bridgehead atoms. The van der Waals surface area contributed by atoms with Crippen molar-refractivity contribution in [1.29, 1.82) is 0 Å². The monoisotopic (exact) mass is 290 g/mol. The van der Waals surface area contributed by atoms with Gasteiger partial charge in [-0.2, -0.15) is 0 Å². The SMILES string of the molecule is CC(C)CNC(=O)NCCOc1ccc2c(c1)CCCC2. The van der Waals surface area contributed by atoms with Gasteiger partial charge in [0.15, 0.2) is 0 Å². The number of nitrogens with one attached hydrogen (secondary N) is 2. The molecule has 116 valence electrons. The second kappa shape index (κ2) is 7.91. The molecule has 2 N–H and O–H groups in total. The molecule has 1 aromatic rings. The number of benzene rings is 1. The van der Waals surface area contributed by atoms with E-state index in [0.29, 0.717) is 25.6 Å². The van der Waals surface area contributed by atoms with Gasteiger partial charge in [-0.25, -0.2) is 4.79 Å². The minimum Gasteiger partial charge on any atom is -0.492 e. The fourth-order valence-corrected chi connectivity index (χ4v) is 2.49. The van der Waals surface area contributed by atoms with E-state index in [4.69, 9.17) is 4.74 Å². The summed E-state index contributed by atoms with van der Waals surface area (Å²) in [5.41, 5.74) is 2.88. The number of rotatable bonds is 6. The lowest BCUT2D eigenvalue weighted by molar-refractivity contribution is 0.235. The Bertz CT molecular complexity index is 472. The van der Waals surface area contributed by atoms with E-state index >= 15 is 0 Å². The van der Waals surface area contributed by atoms with Crippen molar-refractivity contribution in [2.24, 2.45) is 5.92 Å². The number of hydrogen-bond donors (Lipinski definition) is 2. The van der Waals surface area contributed by atoms with Crippen molar-refractivity contribution in [3.05, 3.63) is 29.3 Å². The van der Waals surface area contributed by atoms with Crippen molar-refractivity contribution in [3.63, 3.8) is 0 Å². The zero-order valence-electron chi connectivity index (χ0n) is 13.1. The first-order valence-electron chi connectivity index (χ1n) is 7.91. The largest absolute Gasteiger partial charge is 0.492 e. The number of carbonyl (C=O) groups is 1. The zero-order valence-corrected chi connectivity index (χ0v) is 13.1. The van der Waals surface area contributed by atoms with E-state index in [9.17, 15) is 4.79 Å². The van der Waals surface area contributed by atoms with Crippen LogP contribution in [0.15, 0.2) is 18.2 Å². The quantitative estimate of drug-likeness (QED) is 0.792. The third kappa shape index (κ3) is 5.29. The van der Waals surface area contributed by atoms with E-state index in [0.717, 1.165) is 12.2 Å². The van der Waals surface area contributed by atoms with Crippen LogP contribution in [0.5, 0.6) is 5.75 Å². The molecule has 21 heavy (non-hydrogen) atoms. The molecule has 1 aromatic carbocycles. The van der Waals surface area contributed by atoms with Gasteiger partial charge in [-0.3, -0.25) is 0 Å². The predicted octanol–water partition coefficient (Wildman–Crippen LogP) is 2.90. The van der Waals surface area contributed by atoms with Gasteiger partial charge < -0.3 is 15.4 Å². The highest BCUT2D eigenvalue weighted by Crippen LogP contribution is 2.25. The minimum absolute atomic E-state index is 0.127. The van der Waals surface area contributed by atoms with Crippen LogP contribution in [0, 0.1) is 5.92 Å². The molecule has 4 heteroatoms. The maximum absolute atomic E-state index is 11.5. The summed E-state index contributed by atoms with van der Waals surface area (Å²) >= 11 is 0. The topological polar surface area (TPSA) is 50.4 Å². The average Bonchev–Trinajstić information content (AvgIpc) is 2.49. The number of carbonyl (C=O) groups excluding carboxylic acids is 1. The molecule has 1 aliphatic rings. The molecule has 0 saturated carbocycles. The second-order valence-corrected chi connectivity index (χ2v) is 6.02. The lowest BCUT2D eigenvalue weighted by atomic mass is 9.92. The van der Waals surface area contributed by atoms with Gasteiger partial charge in [0.2, 0.25) is 0 Å². The van der Waals surface area contributed by atoms with Crippen molar-refractivity contribution >= 4 is 6.03 Å². The number of urea groups is 1. The maximum Gasteiger partial charge on any atom is 0.314 e. The molecule has 0 aromatic heterocycles. The van der Waals surface area contributed by atoms with E-state index < -0.39 is 0 Å². The average molecular weight is 290 g/mol. The third-order valence-electron chi connectivity index (χ3n) is 3.65. The predicted molar refractivity (Wildman–Crippen MR) is 84.8 cm³/mol. The van der Waals surface area contributed by atoms with E-state index in [-0.39, 0.29) is 6.03 Å². The summed E-state index contributed by atoms with van der Waals surface area (Å²) in [6.45, 7) is 5.84. The molecule has 0 spiro atoms. The second-order valence-electron chi connectivity index (χ2n) is 6.02. The van der Waals surface area contributed by atoms with Crippen LogP contribution in [-0.2, 0) is 12.8 Å². The molecule has 2 rings (SSSR count). The Hall–Kier alpha value is -1.71. The van der Waals surface area contributed by atoms with Crippen molar-refractivity contribution < 1.29 is 9.53 Å². The van der Waals surface area contributed by atoms with Crippen LogP contribution in [0.4, 0.5) is 4.79 Å². The summed E-state index contributed by atoms with van der Waals surface area (Å²) in [4.78, 5) is 11.5. The molecule has 1 aliphatic carbocycles. The first kappa shape index (κ1) is 15.7. The Morgan fingerprint density at radius 2 is 1.95 bits per heavy atom. The van der Waals surface area contributed by atoms with Crippen molar-refractivity contribution in [3.8, 4) is 5.75 Å². The summed E-state index contributed by atoms with van der Waals surface area (Å²) in [6.07, 6.45) is 4.91. The standard InChI is InChI=1S/C17H26N2O2/c1-13(2)12-19-17(20)18-9-10-21-16-8-7-14-5-3-4-6-15(14)11-16/h7-8,11,13H,3-6,9-10,12H2,1-2H3,(H2,18,19,20). The Morgan fingerprint density at radius 1 is 1.19 bits per heavy atom. The minimum atomic E-state index is -0.127. The third-order valence-corrected chi connectivity index (χ3v) is 3.65. The number of ether oxygens (including phenoxy) is 1. The fourth-order valence-electron chi connectivity index (χ4n) is 2.49. The number of amides is 2. The van der Waals surface area contributed by atoms with Crippen molar-refractivity contribution in [1.82, 2.24) is 10.6 Å². The van der Waals surface area contributed by atoms with E-state index in [2.05, 4.69) is 36.6 Å². The fraction of sp³-hybridized carbons (Fsp3) is 0.588. The van der Waals surface area contributed by atoms with Crippen molar-refractivity contribution in [2.45, 2.75) is 39.5 Å². The first-order valence-corrected chi connectivity index (χ1v) is 7.91. The van der Waals surface area contributed by atoms with Gasteiger partial charge in [-0.15, -0.1) is 0 Å². The first-order chi connectivity index (χ1) is 10.1. The molecular weight excluding hydrogens is 264 g/mol. The van der Waals surface area contributed by atoms with E-state index in [1.165, 1.54) is 30.4 Å². The highest BCUT2D eigenvalue weighted by atomic mass is 16.5. The summed E-state index contributed by atoms with van der Waals surface area (Å²) in [7, 11) is 0. The molecule has 0 radical (unpaired) electrons. The molecule has 0 saturated heterocycles. The van der Waals surface area contributed by atoms with Gasteiger partial charge in [0.25, 0.3) is 0 Å². The maximum atomic E-state index is 11.5. The summed E-state index contributed by atoms with van der Waals surface area (Å²) in [6, 6.07) is 6.22. The normalized spacial score (nSPS) is 13.7. The van der Waals surface area contributed by atoms with E-state index in [1.54, 1.807) is 0 Å². The summed E-state index contributed by atoms with van der Waals surface area (Å²) in [5, 5.41) is 5.61. The summed E-state index contributed by atoms with van der Waals surface area (Å²) in [5.74, 6) is 1.36. The molecule has 2 amide bonds. The highest BCUT2D eigenvalue weighted by Gasteiger charge is 2.09. The van der Waals surface area contributed by atoms with Crippen LogP contribution >= 0.6 is 0 Å². The summed E-state index contributed by atoms with van der Waals surface area (Å²) < 4.78 is 5.71. The van der Waals surface area contributed by atoms with Crippen LogP contribution in [0.3, 0.4) is 0 Å². The molecule has 0 aliphatic heterocycles. The Morgan fingerprint density at radius 3 is 2.71 bits per heavy atom. The van der Waals surface area contributed by atoms with Gasteiger partial charge in [-0.05, 0) is 54.9 Å². The lowest BCUT2D eigenvalue weighted by Crippen LogP contribution is -2.39. The Balaban J connectivity index is 1.68. The van der Waals surface area contributed by atoms with Gasteiger partial charge >= 0.3 is 6.03 Å². The molecule has 0 unspecified atom stereocenters. The van der Waals surface area contributed by atoms with Crippen molar-refractivity contribution in [2.75, 3.05) is 19.7 Å². The highest BCUT2D eigenvalue weighted by molar-refractivity contribution is 5.73. The van der Waals surface area contributed by atoms with Gasteiger partial charge in [0.05, 0.1) is 6.54 Å². The van der Waals surface area contributed by atoms with E-state index in [1.807, 2.05) is 6.07 Å². The smallest absolute Gasteiger partial charge is 0.314 e. The Kier molecular flexibility index (Phi) is 5.90. The molecular formula is C17H26N2O2. The number of hydrogen-bond acceptors (Lipinski definition) is 2. The zero-order chi connectivity index (χ0) is 15.1. The van der Waals surface area contributed by atoms with Crippen LogP contribution < -0.4 is 15.4 Å². The lowest BCUT2D eigenvalue weighted by Gasteiger charge is -2.17. The Labute approximate surface area is 127 Å². The number of fused-ring (bicyclic) bond motifs is 1.